The zero-order chi connectivity index (χ0) is 25.7. The Bertz CT molecular complexity index is 1390. The number of nitrogens with zero attached hydrogens (tertiary/aromatic N) is 2. The lowest BCUT2D eigenvalue weighted by molar-refractivity contribution is 0.0986. The van der Waals surface area contributed by atoms with E-state index in [2.05, 4.69) is 11.1 Å². The summed E-state index contributed by atoms with van der Waals surface area (Å²) >= 11 is 0. The number of carbonyl (C=O) groups is 1. The molecule has 36 heavy (non-hydrogen) atoms. The van der Waals surface area contributed by atoms with E-state index in [4.69, 9.17) is 10.5 Å². The van der Waals surface area contributed by atoms with Crippen LogP contribution >= 0.6 is 0 Å². The molecule has 8 heteroatoms. The number of methoxy groups -OCH3 is 1. The minimum absolute atomic E-state index is 0.0218. The number of nitrogens with one attached hydrogen (secondary N) is 1. The molecule has 4 rings (SSSR count). The summed E-state index contributed by atoms with van der Waals surface area (Å²) in [4.78, 5) is 43.4. The normalized spacial score (nSPS) is 13.2. The third kappa shape index (κ3) is 5.43. The van der Waals surface area contributed by atoms with Gasteiger partial charge in [0, 0.05) is 12.1 Å². The van der Waals surface area contributed by atoms with E-state index in [1.54, 1.807) is 25.3 Å². The number of H-pyrrole nitrogens is 1. The van der Waals surface area contributed by atoms with Crippen molar-refractivity contribution < 1.29 is 9.53 Å². The van der Waals surface area contributed by atoms with Crippen LogP contribution in [0, 0.1) is 6.92 Å². The van der Waals surface area contributed by atoms with E-state index in [9.17, 15) is 14.4 Å². The van der Waals surface area contributed by atoms with Crippen molar-refractivity contribution in [2.45, 2.75) is 45.6 Å². The lowest BCUT2D eigenvalue weighted by atomic mass is 9.97. The van der Waals surface area contributed by atoms with Crippen LogP contribution in [-0.2, 0) is 6.54 Å². The van der Waals surface area contributed by atoms with Crippen molar-refractivity contribution >= 4 is 17.4 Å². The van der Waals surface area contributed by atoms with Gasteiger partial charge < -0.3 is 15.4 Å². The number of rotatable bonds is 8. The van der Waals surface area contributed by atoms with Gasteiger partial charge in [-0.2, -0.15) is 0 Å². The SMILES string of the molecule is COc1cc(C(=O)N(CCC2=CCCCC2)c2c(N)n(Cc3ccccc3)c(=O)[nH]c2=O)ccc1C. The highest BCUT2D eigenvalue weighted by molar-refractivity contribution is 6.07. The Kier molecular flexibility index (Phi) is 7.73. The van der Waals surface area contributed by atoms with Gasteiger partial charge in [0.05, 0.1) is 13.7 Å². The number of amides is 1. The van der Waals surface area contributed by atoms with E-state index < -0.39 is 11.2 Å². The molecule has 0 fully saturated rings. The molecule has 0 unspecified atom stereocenters. The number of nitrogen functional groups attached to an aromatic ring is 1. The average molecular weight is 489 g/mol. The summed E-state index contributed by atoms with van der Waals surface area (Å²) in [5.41, 5.74) is 8.48. The van der Waals surface area contributed by atoms with Gasteiger partial charge in [-0.25, -0.2) is 4.79 Å². The first-order valence-electron chi connectivity index (χ1n) is 12.2. The van der Waals surface area contributed by atoms with Crippen LogP contribution in [-0.4, -0.2) is 29.1 Å². The minimum atomic E-state index is -0.688. The van der Waals surface area contributed by atoms with E-state index in [0.29, 0.717) is 17.7 Å². The number of benzene rings is 2. The smallest absolute Gasteiger partial charge is 0.330 e. The molecule has 0 aliphatic heterocycles. The highest BCUT2D eigenvalue weighted by Gasteiger charge is 2.26. The van der Waals surface area contributed by atoms with Gasteiger partial charge in [-0.15, -0.1) is 0 Å². The van der Waals surface area contributed by atoms with Crippen molar-refractivity contribution in [1.82, 2.24) is 9.55 Å². The van der Waals surface area contributed by atoms with Crippen LogP contribution in [0.4, 0.5) is 11.5 Å². The lowest BCUT2D eigenvalue weighted by Gasteiger charge is -2.26. The largest absolute Gasteiger partial charge is 0.496 e. The van der Waals surface area contributed by atoms with Crippen LogP contribution in [0.2, 0.25) is 0 Å². The molecule has 0 atom stereocenters. The fraction of sp³-hybridized carbons (Fsp3) is 0.321. The number of aromatic amines is 1. The number of carbonyl (C=O) groups excluding carboxylic acids is 1. The molecule has 0 spiro atoms. The third-order valence-electron chi connectivity index (χ3n) is 6.61. The minimum Gasteiger partial charge on any atom is -0.496 e. The van der Waals surface area contributed by atoms with E-state index >= 15 is 0 Å². The topological polar surface area (TPSA) is 110 Å². The Hall–Kier alpha value is -4.07. The molecule has 0 saturated carbocycles. The molecule has 8 nitrogen and oxygen atoms in total. The molecule has 1 aliphatic carbocycles. The molecule has 188 valence electrons. The summed E-state index contributed by atoms with van der Waals surface area (Å²) in [5.74, 6) is 0.149. The molecule has 3 N–H and O–H groups in total. The highest BCUT2D eigenvalue weighted by Crippen LogP contribution is 2.26. The van der Waals surface area contributed by atoms with E-state index in [-0.39, 0.29) is 30.5 Å². The summed E-state index contributed by atoms with van der Waals surface area (Å²) in [6, 6.07) is 14.5. The van der Waals surface area contributed by atoms with Gasteiger partial charge in [0.1, 0.15) is 11.6 Å². The van der Waals surface area contributed by atoms with Gasteiger partial charge in [0.2, 0.25) is 0 Å². The molecule has 1 aromatic heterocycles. The van der Waals surface area contributed by atoms with Gasteiger partial charge >= 0.3 is 5.69 Å². The van der Waals surface area contributed by atoms with Gasteiger partial charge in [-0.3, -0.25) is 19.1 Å². The second kappa shape index (κ2) is 11.1. The first-order valence-corrected chi connectivity index (χ1v) is 12.2. The average Bonchev–Trinajstić information content (AvgIpc) is 2.89. The Morgan fingerprint density at radius 3 is 2.61 bits per heavy atom. The van der Waals surface area contributed by atoms with Crippen molar-refractivity contribution in [3.05, 3.63) is 97.7 Å². The summed E-state index contributed by atoms with van der Waals surface area (Å²) in [5, 5.41) is 0. The van der Waals surface area contributed by atoms with E-state index in [0.717, 1.165) is 36.8 Å². The summed E-state index contributed by atoms with van der Waals surface area (Å²) < 4.78 is 6.70. The molecule has 0 bridgehead atoms. The monoisotopic (exact) mass is 488 g/mol. The van der Waals surface area contributed by atoms with Crippen molar-refractivity contribution in [3.8, 4) is 5.75 Å². The van der Waals surface area contributed by atoms with Gasteiger partial charge in [0.15, 0.2) is 5.69 Å². The first kappa shape index (κ1) is 25.0. The van der Waals surface area contributed by atoms with Crippen LogP contribution in [0.5, 0.6) is 5.75 Å². The molecule has 1 aliphatic rings. The summed E-state index contributed by atoms with van der Waals surface area (Å²) in [6.45, 7) is 2.32. The lowest BCUT2D eigenvalue weighted by Crippen LogP contribution is -2.42. The fourth-order valence-corrected chi connectivity index (χ4v) is 4.57. The number of allylic oxidation sites excluding steroid dienone is 1. The standard InChI is InChI=1S/C28H32N4O4/c1-19-13-14-22(17-23(19)36-2)27(34)31(16-15-20-9-5-3-6-10-20)24-25(29)32(28(35)30-26(24)33)18-21-11-7-4-8-12-21/h4,7-9,11-14,17H,3,5-6,10,15-16,18,29H2,1-2H3,(H,30,33,35). The zero-order valence-corrected chi connectivity index (χ0v) is 20.8. The number of aromatic nitrogens is 2. The van der Waals surface area contributed by atoms with E-state index in [1.807, 2.05) is 37.3 Å². The number of anilines is 2. The van der Waals surface area contributed by atoms with Gasteiger partial charge in [0.25, 0.3) is 11.5 Å². The Balaban J connectivity index is 1.78. The van der Waals surface area contributed by atoms with Crippen LogP contribution < -0.4 is 26.6 Å². The fourth-order valence-electron chi connectivity index (χ4n) is 4.57. The van der Waals surface area contributed by atoms with Crippen LogP contribution in [0.1, 0.15) is 53.6 Å². The maximum Gasteiger partial charge on any atom is 0.330 e. The van der Waals surface area contributed by atoms with Crippen molar-refractivity contribution in [2.75, 3.05) is 24.3 Å². The van der Waals surface area contributed by atoms with Crippen molar-refractivity contribution in [1.29, 1.82) is 0 Å². The van der Waals surface area contributed by atoms with E-state index in [1.165, 1.54) is 15.0 Å². The Labute approximate surface area is 210 Å². The summed E-state index contributed by atoms with van der Waals surface area (Å²) in [6.07, 6.45) is 7.09. The quantitative estimate of drug-likeness (QED) is 0.465. The molecular formula is C28H32N4O4. The molecule has 0 radical (unpaired) electrons. The highest BCUT2D eigenvalue weighted by atomic mass is 16.5. The second-order valence-electron chi connectivity index (χ2n) is 9.06. The number of hydrogen-bond acceptors (Lipinski definition) is 5. The number of ether oxygens (including phenoxy) is 1. The van der Waals surface area contributed by atoms with Gasteiger partial charge in [-0.05, 0) is 62.3 Å². The Morgan fingerprint density at radius 1 is 1.14 bits per heavy atom. The molecule has 2 aromatic carbocycles. The first-order chi connectivity index (χ1) is 17.4. The summed E-state index contributed by atoms with van der Waals surface area (Å²) in [7, 11) is 1.55. The van der Waals surface area contributed by atoms with Gasteiger partial charge in [-0.1, -0.05) is 48.0 Å². The molecule has 0 saturated heterocycles. The maximum atomic E-state index is 13.8. The number of aryl methyl sites for hydroxylation is 1. The number of hydrogen-bond donors (Lipinski definition) is 2. The van der Waals surface area contributed by atoms with Crippen LogP contribution in [0.3, 0.4) is 0 Å². The van der Waals surface area contributed by atoms with Crippen molar-refractivity contribution in [2.24, 2.45) is 0 Å². The van der Waals surface area contributed by atoms with Crippen LogP contribution in [0.15, 0.2) is 69.8 Å². The predicted octanol–water partition coefficient (Wildman–Crippen LogP) is 4.02. The second-order valence-corrected chi connectivity index (χ2v) is 9.06. The zero-order valence-electron chi connectivity index (χ0n) is 20.8. The predicted molar refractivity (Wildman–Crippen MR) is 142 cm³/mol. The third-order valence-corrected chi connectivity index (χ3v) is 6.61. The van der Waals surface area contributed by atoms with Crippen molar-refractivity contribution in [3.63, 3.8) is 0 Å². The molecule has 1 heterocycles. The maximum absolute atomic E-state index is 13.8. The molecule has 3 aromatic rings. The number of nitrogens with two attached hydrogens (primary N) is 1. The molecular weight excluding hydrogens is 456 g/mol. The Morgan fingerprint density at radius 2 is 1.92 bits per heavy atom. The van der Waals surface area contributed by atoms with Crippen LogP contribution in [0.25, 0.3) is 0 Å². The molecule has 1 amide bonds.